The summed E-state index contributed by atoms with van der Waals surface area (Å²) in [4.78, 5) is 12.7. The number of ether oxygens (including phenoxy) is 1. The molecule has 0 aliphatic carbocycles. The van der Waals surface area contributed by atoms with Crippen LogP contribution in [-0.4, -0.2) is 23.2 Å². The van der Waals surface area contributed by atoms with Crippen LogP contribution in [0.15, 0.2) is 60.9 Å². The summed E-state index contributed by atoms with van der Waals surface area (Å²) in [5, 5.41) is 9.74. The number of hydrogen-bond donors (Lipinski definition) is 2. The van der Waals surface area contributed by atoms with Crippen molar-refractivity contribution in [3.05, 3.63) is 66.5 Å². The van der Waals surface area contributed by atoms with Gasteiger partial charge >= 0.3 is 0 Å². The molecule has 0 aliphatic rings. The van der Waals surface area contributed by atoms with Gasteiger partial charge in [0.15, 0.2) is 0 Å². The van der Waals surface area contributed by atoms with Crippen LogP contribution >= 0.6 is 0 Å². The Morgan fingerprint density at radius 2 is 1.92 bits per heavy atom. The summed E-state index contributed by atoms with van der Waals surface area (Å²) in [7, 11) is 1.62. The summed E-state index contributed by atoms with van der Waals surface area (Å²) in [5.74, 6) is 0.438. The van der Waals surface area contributed by atoms with E-state index < -0.39 is 0 Å². The van der Waals surface area contributed by atoms with E-state index in [9.17, 15) is 4.79 Å². The second kappa shape index (κ2) is 7.66. The number of aromatic amines is 1. The van der Waals surface area contributed by atoms with Gasteiger partial charge in [0.2, 0.25) is 5.91 Å². The molecule has 0 fully saturated rings. The van der Waals surface area contributed by atoms with Crippen LogP contribution in [-0.2, 0) is 4.79 Å². The van der Waals surface area contributed by atoms with Gasteiger partial charge in [-0.2, -0.15) is 5.10 Å². The number of rotatable bonds is 6. The molecule has 1 aromatic heterocycles. The Kier molecular flexibility index (Phi) is 5.14. The Hall–Kier alpha value is -3.08. The van der Waals surface area contributed by atoms with Crippen LogP contribution in [0.4, 0.5) is 5.69 Å². The first-order chi connectivity index (χ1) is 12.2. The number of para-hydroxylation sites is 1. The quantitative estimate of drug-likeness (QED) is 0.709. The van der Waals surface area contributed by atoms with Crippen molar-refractivity contribution in [1.29, 1.82) is 0 Å². The summed E-state index contributed by atoms with van der Waals surface area (Å²) in [6.45, 7) is 2.00. The van der Waals surface area contributed by atoms with Crippen molar-refractivity contribution >= 4 is 11.6 Å². The van der Waals surface area contributed by atoms with Crippen LogP contribution in [0.3, 0.4) is 0 Å². The van der Waals surface area contributed by atoms with Crippen molar-refractivity contribution in [1.82, 2.24) is 10.2 Å². The molecule has 2 aromatic carbocycles. The zero-order valence-corrected chi connectivity index (χ0v) is 14.3. The molecule has 0 saturated carbocycles. The molecule has 0 spiro atoms. The van der Waals surface area contributed by atoms with E-state index in [4.69, 9.17) is 4.74 Å². The number of benzene rings is 2. The van der Waals surface area contributed by atoms with Crippen molar-refractivity contribution in [2.75, 3.05) is 12.4 Å². The fourth-order valence-corrected chi connectivity index (χ4v) is 2.88. The van der Waals surface area contributed by atoms with E-state index in [2.05, 4.69) is 15.5 Å². The molecule has 1 atom stereocenters. The van der Waals surface area contributed by atoms with Crippen molar-refractivity contribution in [3.8, 4) is 16.9 Å². The predicted molar refractivity (Wildman–Crippen MR) is 98.7 cm³/mol. The molecule has 3 rings (SSSR count). The summed E-state index contributed by atoms with van der Waals surface area (Å²) in [5.41, 5.74) is 3.73. The van der Waals surface area contributed by atoms with E-state index in [1.807, 2.05) is 61.7 Å². The van der Waals surface area contributed by atoms with Gasteiger partial charge in [0, 0.05) is 23.0 Å². The minimum Gasteiger partial charge on any atom is -0.496 e. The molecular weight excluding hydrogens is 314 g/mol. The molecule has 5 heteroatoms. The maximum atomic E-state index is 12.7. The highest BCUT2D eigenvalue weighted by atomic mass is 16.5. The van der Waals surface area contributed by atoms with Crippen LogP contribution in [0, 0.1) is 0 Å². The standard InChI is InChI=1S/C20H21N3O2/c1-3-17(18-6-4-5-7-19(18)25-2)20(24)23-16-10-8-14(9-11-16)15-12-21-22-13-15/h4-13,17H,3H2,1-2H3,(H,21,22)(H,23,24). The molecule has 1 unspecified atom stereocenters. The van der Waals surface area contributed by atoms with Gasteiger partial charge in [-0.1, -0.05) is 37.3 Å². The van der Waals surface area contributed by atoms with Crippen LogP contribution in [0.2, 0.25) is 0 Å². The van der Waals surface area contributed by atoms with Crippen molar-refractivity contribution < 1.29 is 9.53 Å². The molecule has 128 valence electrons. The van der Waals surface area contributed by atoms with E-state index in [0.29, 0.717) is 6.42 Å². The number of H-pyrrole nitrogens is 1. The van der Waals surface area contributed by atoms with Gasteiger partial charge in [0.1, 0.15) is 5.75 Å². The van der Waals surface area contributed by atoms with Crippen molar-refractivity contribution in [3.63, 3.8) is 0 Å². The lowest BCUT2D eigenvalue weighted by atomic mass is 9.94. The van der Waals surface area contributed by atoms with E-state index in [1.54, 1.807) is 13.3 Å². The highest BCUT2D eigenvalue weighted by Crippen LogP contribution is 2.30. The summed E-state index contributed by atoms with van der Waals surface area (Å²) in [6.07, 6.45) is 4.30. The first kappa shape index (κ1) is 16.8. The fourth-order valence-electron chi connectivity index (χ4n) is 2.88. The van der Waals surface area contributed by atoms with Gasteiger partial charge in [0.05, 0.1) is 19.2 Å². The Balaban J connectivity index is 1.76. The largest absolute Gasteiger partial charge is 0.496 e. The zero-order chi connectivity index (χ0) is 17.6. The van der Waals surface area contributed by atoms with Gasteiger partial charge < -0.3 is 10.1 Å². The van der Waals surface area contributed by atoms with Gasteiger partial charge in [-0.15, -0.1) is 0 Å². The van der Waals surface area contributed by atoms with E-state index in [-0.39, 0.29) is 11.8 Å². The zero-order valence-electron chi connectivity index (χ0n) is 14.3. The molecule has 0 radical (unpaired) electrons. The smallest absolute Gasteiger partial charge is 0.232 e. The number of amides is 1. The van der Waals surface area contributed by atoms with E-state index in [1.165, 1.54) is 0 Å². The van der Waals surface area contributed by atoms with Crippen LogP contribution in [0.25, 0.3) is 11.1 Å². The second-order valence-corrected chi connectivity index (χ2v) is 5.76. The van der Waals surface area contributed by atoms with Gasteiger partial charge in [-0.25, -0.2) is 0 Å². The monoisotopic (exact) mass is 335 g/mol. The summed E-state index contributed by atoms with van der Waals surface area (Å²) >= 11 is 0. The number of carbonyl (C=O) groups is 1. The number of hydrogen-bond acceptors (Lipinski definition) is 3. The minimum atomic E-state index is -0.260. The summed E-state index contributed by atoms with van der Waals surface area (Å²) in [6, 6.07) is 15.4. The maximum absolute atomic E-state index is 12.7. The molecule has 0 aliphatic heterocycles. The number of methoxy groups -OCH3 is 1. The molecule has 0 saturated heterocycles. The maximum Gasteiger partial charge on any atom is 0.232 e. The average Bonchev–Trinajstić information content (AvgIpc) is 3.18. The highest BCUT2D eigenvalue weighted by molar-refractivity contribution is 5.96. The Labute approximate surface area is 147 Å². The molecule has 0 bridgehead atoms. The predicted octanol–water partition coefficient (Wildman–Crippen LogP) is 4.22. The van der Waals surface area contributed by atoms with Crippen LogP contribution in [0.1, 0.15) is 24.8 Å². The Morgan fingerprint density at radius 1 is 1.16 bits per heavy atom. The lowest BCUT2D eigenvalue weighted by molar-refractivity contribution is -0.117. The topological polar surface area (TPSA) is 67.0 Å². The highest BCUT2D eigenvalue weighted by Gasteiger charge is 2.22. The minimum absolute atomic E-state index is 0.0388. The molecule has 1 amide bonds. The first-order valence-electron chi connectivity index (χ1n) is 8.26. The fraction of sp³-hybridized carbons (Fsp3) is 0.200. The average molecular weight is 335 g/mol. The van der Waals surface area contributed by atoms with Crippen LogP contribution < -0.4 is 10.1 Å². The third kappa shape index (κ3) is 3.71. The van der Waals surface area contributed by atoms with Crippen molar-refractivity contribution in [2.45, 2.75) is 19.3 Å². The Bertz CT molecular complexity index is 826. The molecule has 1 heterocycles. The number of anilines is 1. The SMILES string of the molecule is CCC(C(=O)Nc1ccc(-c2cn[nH]c2)cc1)c1ccccc1OC. The molecule has 5 nitrogen and oxygen atoms in total. The molecular formula is C20H21N3O2. The lowest BCUT2D eigenvalue weighted by Gasteiger charge is -2.18. The van der Waals surface area contributed by atoms with Crippen LogP contribution in [0.5, 0.6) is 5.75 Å². The number of aromatic nitrogens is 2. The third-order valence-electron chi connectivity index (χ3n) is 4.22. The van der Waals surface area contributed by atoms with Gasteiger partial charge in [0.25, 0.3) is 0 Å². The molecule has 3 aromatic rings. The molecule has 25 heavy (non-hydrogen) atoms. The molecule has 2 N–H and O–H groups in total. The van der Waals surface area contributed by atoms with Crippen molar-refractivity contribution in [2.24, 2.45) is 0 Å². The van der Waals surface area contributed by atoms with Gasteiger partial charge in [-0.05, 0) is 30.2 Å². The van der Waals surface area contributed by atoms with E-state index >= 15 is 0 Å². The third-order valence-corrected chi connectivity index (χ3v) is 4.22. The Morgan fingerprint density at radius 3 is 2.56 bits per heavy atom. The summed E-state index contributed by atoms with van der Waals surface area (Å²) < 4.78 is 5.40. The number of nitrogens with one attached hydrogen (secondary N) is 2. The van der Waals surface area contributed by atoms with E-state index in [0.717, 1.165) is 28.1 Å². The normalized spacial score (nSPS) is 11.8. The number of nitrogens with zero attached hydrogens (tertiary/aromatic N) is 1. The van der Waals surface area contributed by atoms with Gasteiger partial charge in [-0.3, -0.25) is 9.89 Å². The number of carbonyl (C=O) groups excluding carboxylic acids is 1. The first-order valence-corrected chi connectivity index (χ1v) is 8.26. The second-order valence-electron chi connectivity index (χ2n) is 5.76. The lowest BCUT2D eigenvalue weighted by Crippen LogP contribution is -2.21.